The minimum absolute atomic E-state index is 0.124. The van der Waals surface area contributed by atoms with Crippen molar-refractivity contribution >= 4 is 22.8 Å². The van der Waals surface area contributed by atoms with E-state index >= 15 is 0 Å². The van der Waals surface area contributed by atoms with Crippen molar-refractivity contribution in [1.29, 1.82) is 0 Å². The molecule has 7 nitrogen and oxygen atoms in total. The molecular weight excluding hydrogens is 366 g/mol. The number of fused-ring (bicyclic) bond motifs is 1. The fourth-order valence-electron chi connectivity index (χ4n) is 4.26. The molecule has 3 aromatic rings. The molecule has 1 fully saturated rings. The zero-order valence-electron chi connectivity index (χ0n) is 17.0. The summed E-state index contributed by atoms with van der Waals surface area (Å²) in [6.07, 6.45) is 7.18. The fourth-order valence-corrected chi connectivity index (χ4v) is 4.26. The number of aromatic carboxylic acids is 1. The number of aromatic nitrogens is 3. The molecule has 0 saturated carbocycles. The largest absolute Gasteiger partial charge is 0.478 e. The first-order chi connectivity index (χ1) is 14.0. The number of carbonyl (C=O) groups is 1. The van der Waals surface area contributed by atoms with Gasteiger partial charge < -0.3 is 19.5 Å². The van der Waals surface area contributed by atoms with Crippen molar-refractivity contribution in [2.45, 2.75) is 19.4 Å². The van der Waals surface area contributed by atoms with Crippen LogP contribution in [-0.4, -0.2) is 57.2 Å². The molecule has 29 heavy (non-hydrogen) atoms. The minimum atomic E-state index is -0.996. The molecule has 1 saturated heterocycles. The van der Waals surface area contributed by atoms with Gasteiger partial charge in [0.1, 0.15) is 0 Å². The number of para-hydroxylation sites is 1. The Morgan fingerprint density at radius 3 is 2.59 bits per heavy atom. The van der Waals surface area contributed by atoms with Crippen molar-refractivity contribution in [3.8, 4) is 0 Å². The third-order valence-electron chi connectivity index (χ3n) is 5.77. The van der Waals surface area contributed by atoms with Gasteiger partial charge in [-0.3, -0.25) is 0 Å². The van der Waals surface area contributed by atoms with E-state index < -0.39 is 5.97 Å². The van der Waals surface area contributed by atoms with E-state index in [2.05, 4.69) is 68.9 Å². The monoisotopic (exact) mass is 393 g/mol. The Hall–Kier alpha value is -2.93. The molecule has 1 aliphatic rings. The van der Waals surface area contributed by atoms with Gasteiger partial charge in [0.2, 0.25) is 5.95 Å². The average molecular weight is 393 g/mol. The van der Waals surface area contributed by atoms with Gasteiger partial charge in [-0.25, -0.2) is 14.8 Å². The Morgan fingerprint density at radius 2 is 1.90 bits per heavy atom. The van der Waals surface area contributed by atoms with E-state index in [0.29, 0.717) is 11.9 Å². The first kappa shape index (κ1) is 19.4. The van der Waals surface area contributed by atoms with Crippen LogP contribution in [0.5, 0.6) is 0 Å². The molecule has 1 N–H and O–H groups in total. The average Bonchev–Trinajstić information content (AvgIpc) is 3.04. The third-order valence-corrected chi connectivity index (χ3v) is 5.77. The third kappa shape index (κ3) is 4.24. The van der Waals surface area contributed by atoms with E-state index in [1.165, 1.54) is 28.9 Å². The summed E-state index contributed by atoms with van der Waals surface area (Å²) in [5.74, 6) is 0.270. The first-order valence-electron chi connectivity index (χ1n) is 10.0. The van der Waals surface area contributed by atoms with Crippen molar-refractivity contribution in [3.05, 3.63) is 54.0 Å². The molecular formula is C22H27N5O2. The minimum Gasteiger partial charge on any atom is -0.478 e. The Balaban J connectivity index is 1.31. The van der Waals surface area contributed by atoms with E-state index in [9.17, 15) is 4.79 Å². The highest BCUT2D eigenvalue weighted by Gasteiger charge is 2.22. The van der Waals surface area contributed by atoms with Crippen molar-refractivity contribution < 1.29 is 9.90 Å². The van der Waals surface area contributed by atoms with Gasteiger partial charge >= 0.3 is 5.97 Å². The van der Waals surface area contributed by atoms with Gasteiger partial charge in [-0.15, -0.1) is 0 Å². The van der Waals surface area contributed by atoms with Gasteiger partial charge in [0, 0.05) is 62.7 Å². The summed E-state index contributed by atoms with van der Waals surface area (Å²) in [6.45, 7) is 3.82. The van der Waals surface area contributed by atoms with E-state index in [1.807, 2.05) is 0 Å². The lowest BCUT2D eigenvalue weighted by atomic mass is 9.96. The van der Waals surface area contributed by atoms with Gasteiger partial charge in [0.25, 0.3) is 0 Å². The standard InChI is InChI=1S/C22H27N5O2/c1-25(14-18-15-26(2)20-6-4-3-5-19(18)20)13-16-7-9-27(10-8-16)22-23-11-17(12-24-22)21(28)29/h3-6,11-12,15-16H,7-10,13-14H2,1-2H3,(H,28,29). The molecule has 7 heteroatoms. The van der Waals surface area contributed by atoms with Gasteiger partial charge in [0.15, 0.2) is 0 Å². The molecule has 152 valence electrons. The molecule has 4 rings (SSSR count). The second-order valence-corrected chi connectivity index (χ2v) is 7.99. The molecule has 0 atom stereocenters. The van der Waals surface area contributed by atoms with Gasteiger partial charge in [0.05, 0.1) is 5.56 Å². The number of carboxylic acid groups (broad SMARTS) is 1. The maximum absolute atomic E-state index is 10.9. The molecule has 0 bridgehead atoms. The van der Waals surface area contributed by atoms with Crippen molar-refractivity contribution in [2.75, 3.05) is 31.6 Å². The molecule has 0 unspecified atom stereocenters. The van der Waals surface area contributed by atoms with Crippen LogP contribution in [0.1, 0.15) is 28.8 Å². The van der Waals surface area contributed by atoms with E-state index in [-0.39, 0.29) is 5.56 Å². The summed E-state index contributed by atoms with van der Waals surface area (Å²) >= 11 is 0. The number of hydrogen-bond acceptors (Lipinski definition) is 5. The van der Waals surface area contributed by atoms with Gasteiger partial charge in [-0.1, -0.05) is 18.2 Å². The van der Waals surface area contributed by atoms with Crippen LogP contribution in [-0.2, 0) is 13.6 Å². The highest BCUT2D eigenvalue weighted by Crippen LogP contribution is 2.24. The molecule has 0 amide bonds. The predicted octanol–water partition coefficient (Wildman–Crippen LogP) is 3.01. The number of hydrogen-bond donors (Lipinski definition) is 1. The summed E-state index contributed by atoms with van der Waals surface area (Å²) in [4.78, 5) is 23.9. The summed E-state index contributed by atoms with van der Waals surface area (Å²) in [7, 11) is 4.30. The number of rotatable bonds is 6. The zero-order valence-corrected chi connectivity index (χ0v) is 17.0. The lowest BCUT2D eigenvalue weighted by Crippen LogP contribution is -2.38. The Kier molecular flexibility index (Phi) is 5.49. The molecule has 2 aromatic heterocycles. The summed E-state index contributed by atoms with van der Waals surface area (Å²) in [6, 6.07) is 8.56. The number of aryl methyl sites for hydroxylation is 1. The van der Waals surface area contributed by atoms with Crippen LogP contribution < -0.4 is 4.90 Å². The van der Waals surface area contributed by atoms with Crippen LogP contribution in [0.2, 0.25) is 0 Å². The molecule has 0 radical (unpaired) electrons. The zero-order chi connectivity index (χ0) is 20.4. The number of carboxylic acids is 1. The van der Waals surface area contributed by atoms with Gasteiger partial charge in [-0.05, 0) is 37.4 Å². The summed E-state index contributed by atoms with van der Waals surface area (Å²) < 4.78 is 2.20. The number of nitrogens with zero attached hydrogens (tertiary/aromatic N) is 5. The molecule has 0 spiro atoms. The normalized spacial score (nSPS) is 15.3. The SMILES string of the molecule is CN(Cc1cn(C)c2ccccc12)CC1CCN(c2ncc(C(=O)O)cn2)CC1. The highest BCUT2D eigenvalue weighted by molar-refractivity contribution is 5.86. The van der Waals surface area contributed by atoms with Crippen LogP contribution >= 0.6 is 0 Å². The molecule has 1 aromatic carbocycles. The van der Waals surface area contributed by atoms with Gasteiger partial charge in [-0.2, -0.15) is 0 Å². The van der Waals surface area contributed by atoms with Crippen LogP contribution in [0.25, 0.3) is 10.9 Å². The van der Waals surface area contributed by atoms with E-state index in [0.717, 1.165) is 39.0 Å². The molecule has 1 aliphatic heterocycles. The van der Waals surface area contributed by atoms with Crippen molar-refractivity contribution in [2.24, 2.45) is 13.0 Å². The number of benzene rings is 1. The smallest absolute Gasteiger partial charge is 0.338 e. The number of anilines is 1. The highest BCUT2D eigenvalue weighted by atomic mass is 16.4. The Bertz CT molecular complexity index is 990. The lowest BCUT2D eigenvalue weighted by Gasteiger charge is -2.33. The lowest BCUT2D eigenvalue weighted by molar-refractivity contribution is 0.0696. The fraction of sp³-hybridized carbons (Fsp3) is 0.409. The van der Waals surface area contributed by atoms with E-state index in [4.69, 9.17) is 5.11 Å². The molecule has 0 aliphatic carbocycles. The summed E-state index contributed by atoms with van der Waals surface area (Å²) in [5, 5.41) is 10.3. The van der Waals surface area contributed by atoms with Crippen molar-refractivity contribution in [3.63, 3.8) is 0 Å². The van der Waals surface area contributed by atoms with Crippen LogP contribution in [0.15, 0.2) is 42.9 Å². The number of piperidine rings is 1. The van der Waals surface area contributed by atoms with E-state index in [1.54, 1.807) is 0 Å². The molecule has 3 heterocycles. The Morgan fingerprint density at radius 1 is 1.21 bits per heavy atom. The summed E-state index contributed by atoms with van der Waals surface area (Å²) in [5.41, 5.74) is 2.77. The quantitative estimate of drug-likeness (QED) is 0.694. The Labute approximate surface area is 170 Å². The van der Waals surface area contributed by atoms with Crippen molar-refractivity contribution in [1.82, 2.24) is 19.4 Å². The topological polar surface area (TPSA) is 74.5 Å². The van der Waals surface area contributed by atoms with Crippen LogP contribution in [0, 0.1) is 5.92 Å². The maximum Gasteiger partial charge on any atom is 0.338 e. The second-order valence-electron chi connectivity index (χ2n) is 7.99. The van der Waals surface area contributed by atoms with Crippen LogP contribution in [0.4, 0.5) is 5.95 Å². The predicted molar refractivity (Wildman–Crippen MR) is 113 cm³/mol. The maximum atomic E-state index is 10.9. The second kappa shape index (κ2) is 8.21. The van der Waals surface area contributed by atoms with Crippen LogP contribution in [0.3, 0.4) is 0 Å². The first-order valence-corrected chi connectivity index (χ1v) is 10.0.